The van der Waals surface area contributed by atoms with Crippen LogP contribution in [0.25, 0.3) is 0 Å². The van der Waals surface area contributed by atoms with Gasteiger partial charge in [0.25, 0.3) is 5.69 Å². The molecule has 0 spiro atoms. The summed E-state index contributed by atoms with van der Waals surface area (Å²) in [5, 5.41) is 22.8. The minimum Gasteiger partial charge on any atom is -0.480 e. The number of anilines is 1. The molecule has 2 atom stereocenters. The molecule has 2 N–H and O–H groups in total. The van der Waals surface area contributed by atoms with Crippen molar-refractivity contribution in [2.24, 2.45) is 0 Å². The Labute approximate surface area is 184 Å². The van der Waals surface area contributed by atoms with Crippen molar-refractivity contribution in [1.82, 2.24) is 5.32 Å². The molecular weight excluding hydrogens is 426 g/mol. The minimum atomic E-state index is -1.30. The normalized spacial score (nSPS) is 12.3. The molecule has 0 aliphatic carbocycles. The maximum Gasteiger partial charge on any atom is 0.323 e. The smallest absolute Gasteiger partial charge is 0.323 e. The number of nitro groups is 1. The lowest BCUT2D eigenvalue weighted by Gasteiger charge is -2.27. The van der Waals surface area contributed by atoms with E-state index < -0.39 is 47.4 Å². The number of amides is 1. The van der Waals surface area contributed by atoms with Crippen LogP contribution in [0.5, 0.6) is 0 Å². The van der Waals surface area contributed by atoms with E-state index in [9.17, 15) is 34.4 Å². The van der Waals surface area contributed by atoms with E-state index in [2.05, 4.69) is 5.32 Å². The summed E-state index contributed by atoms with van der Waals surface area (Å²) >= 11 is 0. The van der Waals surface area contributed by atoms with E-state index >= 15 is 0 Å². The van der Waals surface area contributed by atoms with Crippen molar-refractivity contribution in [1.29, 1.82) is 0 Å². The van der Waals surface area contributed by atoms with Crippen molar-refractivity contribution in [3.05, 3.63) is 34.4 Å². The number of aliphatic carboxylic acids is 1. The standard InChI is InChI=1S/C20H27N3O9/c1-4-31-18(26)11-10-16(20(28)32-5-2)21-13(3)19(27)22(12-17(24)25)14-6-8-15(9-7-14)23(29)30/h6-9,13,16,21H,4-5,10-12H2,1-3H3,(H,24,25)/t13-,16?/m0/s1. The van der Waals surface area contributed by atoms with E-state index in [4.69, 9.17) is 9.47 Å². The first-order chi connectivity index (χ1) is 15.1. The molecule has 1 amide bonds. The number of hydrogen-bond donors (Lipinski definition) is 2. The number of rotatable bonds is 13. The number of benzene rings is 1. The maximum atomic E-state index is 13.0. The molecule has 0 aliphatic heterocycles. The SMILES string of the molecule is CCOC(=O)CCC(N[C@@H](C)C(=O)N(CC(=O)O)c1ccc([N+](=O)[O-])cc1)C(=O)OCC. The lowest BCUT2D eigenvalue weighted by molar-refractivity contribution is -0.384. The van der Waals surface area contributed by atoms with Gasteiger partial charge < -0.3 is 14.6 Å². The second kappa shape index (κ2) is 13.0. The number of ether oxygens (including phenoxy) is 2. The van der Waals surface area contributed by atoms with Gasteiger partial charge >= 0.3 is 17.9 Å². The van der Waals surface area contributed by atoms with Gasteiger partial charge in [-0.15, -0.1) is 0 Å². The zero-order valence-corrected chi connectivity index (χ0v) is 18.1. The highest BCUT2D eigenvalue weighted by Crippen LogP contribution is 2.20. The van der Waals surface area contributed by atoms with E-state index in [1.807, 2.05) is 0 Å². The maximum absolute atomic E-state index is 13.0. The number of carbonyl (C=O) groups excluding carboxylic acids is 3. The summed E-state index contributed by atoms with van der Waals surface area (Å²) in [6.45, 7) is 4.26. The number of non-ortho nitro benzene ring substituents is 1. The Bertz CT molecular complexity index is 826. The van der Waals surface area contributed by atoms with Gasteiger partial charge in [-0.25, -0.2) is 0 Å². The number of carbonyl (C=O) groups is 4. The van der Waals surface area contributed by atoms with E-state index in [1.54, 1.807) is 13.8 Å². The fraction of sp³-hybridized carbons (Fsp3) is 0.500. The highest BCUT2D eigenvalue weighted by Gasteiger charge is 2.29. The Morgan fingerprint density at radius 2 is 1.72 bits per heavy atom. The van der Waals surface area contributed by atoms with Crippen LogP contribution in [0.1, 0.15) is 33.6 Å². The van der Waals surface area contributed by atoms with E-state index in [-0.39, 0.29) is 37.4 Å². The van der Waals surface area contributed by atoms with Crippen molar-refractivity contribution in [3.8, 4) is 0 Å². The summed E-state index contributed by atoms with van der Waals surface area (Å²) in [5.41, 5.74) is -0.0835. The average Bonchev–Trinajstić information content (AvgIpc) is 2.74. The summed E-state index contributed by atoms with van der Waals surface area (Å²) < 4.78 is 9.83. The van der Waals surface area contributed by atoms with Crippen LogP contribution in [0, 0.1) is 10.1 Å². The Morgan fingerprint density at radius 1 is 1.12 bits per heavy atom. The summed E-state index contributed by atoms with van der Waals surface area (Å²) in [4.78, 5) is 59.3. The molecule has 12 nitrogen and oxygen atoms in total. The highest BCUT2D eigenvalue weighted by atomic mass is 16.6. The lowest BCUT2D eigenvalue weighted by atomic mass is 10.1. The van der Waals surface area contributed by atoms with Crippen molar-refractivity contribution >= 4 is 35.2 Å². The van der Waals surface area contributed by atoms with Gasteiger partial charge in [0.1, 0.15) is 12.6 Å². The third-order valence-corrected chi connectivity index (χ3v) is 4.27. The Kier molecular flexibility index (Phi) is 10.8. The van der Waals surface area contributed by atoms with Crippen LogP contribution in [0.15, 0.2) is 24.3 Å². The van der Waals surface area contributed by atoms with Gasteiger partial charge in [0.05, 0.1) is 24.2 Å². The fourth-order valence-corrected chi connectivity index (χ4v) is 2.80. The number of carboxylic acid groups (broad SMARTS) is 1. The van der Waals surface area contributed by atoms with E-state index in [1.165, 1.54) is 19.1 Å². The number of nitrogens with zero attached hydrogens (tertiary/aromatic N) is 2. The minimum absolute atomic E-state index is 0.00570. The largest absolute Gasteiger partial charge is 0.480 e. The highest BCUT2D eigenvalue weighted by molar-refractivity contribution is 6.00. The van der Waals surface area contributed by atoms with E-state index in [0.29, 0.717) is 0 Å². The van der Waals surface area contributed by atoms with Gasteiger partial charge in [0.15, 0.2) is 0 Å². The van der Waals surface area contributed by atoms with Crippen LogP contribution in [-0.2, 0) is 28.7 Å². The number of nitro benzene ring substituents is 1. The van der Waals surface area contributed by atoms with Crippen LogP contribution in [0.2, 0.25) is 0 Å². The van der Waals surface area contributed by atoms with Crippen molar-refractivity contribution < 1.29 is 38.7 Å². The Hall–Kier alpha value is -3.54. The quantitative estimate of drug-likeness (QED) is 0.252. The second-order valence-corrected chi connectivity index (χ2v) is 6.63. The molecule has 0 aliphatic rings. The van der Waals surface area contributed by atoms with Gasteiger partial charge in [-0.05, 0) is 39.3 Å². The predicted octanol–water partition coefficient (Wildman–Crippen LogP) is 1.27. The van der Waals surface area contributed by atoms with Crippen molar-refractivity contribution in [2.75, 3.05) is 24.7 Å². The number of carboxylic acids is 1. The molecular formula is C20H27N3O9. The van der Waals surface area contributed by atoms with Gasteiger partial charge in [0.2, 0.25) is 5.91 Å². The van der Waals surface area contributed by atoms with Crippen molar-refractivity contribution in [3.63, 3.8) is 0 Å². The summed E-state index contributed by atoms with van der Waals surface area (Å²) in [6.07, 6.45) is -0.0851. The first-order valence-electron chi connectivity index (χ1n) is 9.96. The molecule has 0 bridgehead atoms. The third-order valence-electron chi connectivity index (χ3n) is 4.27. The van der Waals surface area contributed by atoms with Gasteiger partial charge in [-0.1, -0.05) is 0 Å². The zero-order valence-electron chi connectivity index (χ0n) is 18.1. The Balaban J connectivity index is 3.02. The molecule has 0 radical (unpaired) electrons. The predicted molar refractivity (Wildman–Crippen MR) is 112 cm³/mol. The van der Waals surface area contributed by atoms with Crippen molar-refractivity contribution in [2.45, 2.75) is 45.7 Å². The lowest BCUT2D eigenvalue weighted by Crippen LogP contribution is -2.52. The molecule has 0 aromatic heterocycles. The van der Waals surface area contributed by atoms with Gasteiger partial charge in [0, 0.05) is 24.2 Å². The first kappa shape index (κ1) is 26.5. The van der Waals surface area contributed by atoms with E-state index in [0.717, 1.165) is 17.0 Å². The summed E-state index contributed by atoms with van der Waals surface area (Å²) in [5.74, 6) is -3.17. The average molecular weight is 453 g/mol. The second-order valence-electron chi connectivity index (χ2n) is 6.63. The fourth-order valence-electron chi connectivity index (χ4n) is 2.80. The van der Waals surface area contributed by atoms with Gasteiger partial charge in [-0.3, -0.25) is 39.5 Å². The molecule has 0 heterocycles. The number of nitrogens with one attached hydrogen (secondary N) is 1. The molecule has 12 heteroatoms. The molecule has 1 aromatic rings. The zero-order chi connectivity index (χ0) is 24.3. The molecule has 1 rings (SSSR count). The summed E-state index contributed by atoms with van der Waals surface area (Å²) in [6, 6.07) is 2.76. The molecule has 1 unspecified atom stereocenters. The molecule has 32 heavy (non-hydrogen) atoms. The summed E-state index contributed by atoms with van der Waals surface area (Å²) in [7, 11) is 0. The topological polar surface area (TPSA) is 165 Å². The van der Waals surface area contributed by atoms with Gasteiger partial charge in [-0.2, -0.15) is 0 Å². The van der Waals surface area contributed by atoms with Crippen LogP contribution in [0.3, 0.4) is 0 Å². The van der Waals surface area contributed by atoms with Crippen LogP contribution in [0.4, 0.5) is 11.4 Å². The Morgan fingerprint density at radius 3 is 2.22 bits per heavy atom. The molecule has 1 aromatic carbocycles. The monoisotopic (exact) mass is 453 g/mol. The first-order valence-corrected chi connectivity index (χ1v) is 9.96. The molecule has 0 saturated carbocycles. The van der Waals surface area contributed by atoms with Crippen LogP contribution >= 0.6 is 0 Å². The molecule has 0 saturated heterocycles. The number of esters is 2. The number of hydrogen-bond acceptors (Lipinski definition) is 9. The van der Waals surface area contributed by atoms with Crippen LogP contribution < -0.4 is 10.2 Å². The third kappa shape index (κ3) is 8.30. The molecule has 176 valence electrons. The van der Waals surface area contributed by atoms with Crippen LogP contribution in [-0.4, -0.2) is 65.7 Å². The molecule has 0 fully saturated rings.